The second-order valence-corrected chi connectivity index (χ2v) is 16.3. The summed E-state index contributed by atoms with van der Waals surface area (Å²) in [6.45, 7) is 0.706. The van der Waals surface area contributed by atoms with E-state index in [1.807, 2.05) is 0 Å². The topological polar surface area (TPSA) is 196 Å². The summed E-state index contributed by atoms with van der Waals surface area (Å²) in [5.41, 5.74) is 0.474. The first-order valence-corrected chi connectivity index (χ1v) is 17.5. The second kappa shape index (κ2) is 10.3. The minimum atomic E-state index is -9.85. The van der Waals surface area contributed by atoms with E-state index in [2.05, 4.69) is 19.9 Å². The van der Waals surface area contributed by atoms with Crippen molar-refractivity contribution in [2.75, 3.05) is 17.8 Å². The Morgan fingerprint density at radius 2 is 1.74 bits per heavy atom. The number of nitrogens with one attached hydrogen (secondary N) is 1. The van der Waals surface area contributed by atoms with E-state index >= 15 is 0 Å². The Morgan fingerprint density at radius 3 is 2.31 bits per heavy atom. The van der Waals surface area contributed by atoms with Crippen LogP contribution in [0.25, 0.3) is 11.0 Å². The van der Waals surface area contributed by atoms with Crippen molar-refractivity contribution < 1.29 is 62.7 Å². The van der Waals surface area contributed by atoms with E-state index < -0.39 is 73.4 Å². The molecule has 2 unspecified atom stereocenters. The van der Waals surface area contributed by atoms with E-state index in [0.717, 1.165) is 16.8 Å². The summed E-state index contributed by atoms with van der Waals surface area (Å²) < 4.78 is 99.5. The van der Waals surface area contributed by atoms with Crippen LogP contribution in [0.4, 0.5) is 25.1 Å². The van der Waals surface area contributed by atoms with Gasteiger partial charge in [0.05, 0.1) is 23.9 Å². The second-order valence-electron chi connectivity index (χ2n) is 9.51. The van der Waals surface area contributed by atoms with Gasteiger partial charge in [-0.15, -0.1) is 0 Å². The molecule has 236 valence electrons. The fraction of sp³-hybridized carbons (Fsp3) is 0.400. The van der Waals surface area contributed by atoms with Crippen LogP contribution < -0.4 is 5.32 Å². The Hall–Kier alpha value is -1.89. The van der Waals surface area contributed by atoms with Gasteiger partial charge in [0.15, 0.2) is 17.8 Å². The molecule has 1 fully saturated rings. The van der Waals surface area contributed by atoms with Gasteiger partial charge in [0.25, 0.3) is 0 Å². The highest BCUT2D eigenvalue weighted by Gasteiger charge is 2.65. The number of pyridine rings is 1. The van der Waals surface area contributed by atoms with Crippen LogP contribution in [0.15, 0.2) is 41.4 Å². The van der Waals surface area contributed by atoms with Crippen molar-refractivity contribution in [3.05, 3.63) is 47.2 Å². The molecule has 0 spiro atoms. The molecular formula is C20H24ClF5N4O9P2S. The van der Waals surface area contributed by atoms with Crippen LogP contribution in [0, 0.1) is 0 Å². The smallest absolute Gasteiger partial charge is 0.340 e. The van der Waals surface area contributed by atoms with Crippen LogP contribution in [0.3, 0.4) is 0 Å². The maximum atomic E-state index is 13.1. The van der Waals surface area contributed by atoms with Gasteiger partial charge in [-0.3, -0.25) is 9.13 Å². The number of hydrogen-bond donors (Lipinski definition) is 6. The maximum absolute atomic E-state index is 13.1. The molecule has 1 aromatic carbocycles. The predicted octanol–water partition coefficient (Wildman–Crippen LogP) is 4.87. The number of halogens is 6. The zero-order valence-corrected chi connectivity index (χ0v) is 24.4. The van der Waals surface area contributed by atoms with E-state index in [4.69, 9.17) is 26.1 Å². The molecule has 1 aliphatic rings. The van der Waals surface area contributed by atoms with E-state index in [9.17, 15) is 43.7 Å². The maximum Gasteiger partial charge on any atom is 0.340 e. The summed E-state index contributed by atoms with van der Waals surface area (Å²) in [4.78, 5) is 29.6. The summed E-state index contributed by atoms with van der Waals surface area (Å²) in [7, 11) is -19.5. The summed E-state index contributed by atoms with van der Waals surface area (Å²) in [5.74, 6) is -1.48. The number of rotatable bonds is 10. The zero-order valence-electron chi connectivity index (χ0n) is 21.0. The SMILES string of the molecule is C[C@H](Nc1cc(Cl)nc2c1cnn2[C@@H]1O[C@H](COP(=O)(O)CP(=O)(O)O)C(O)[C@@H]1O)c1ccc(S(F)(F)(F)(F)F)cc1. The Balaban J connectivity index is 1.55. The number of hydrogen-bond acceptors (Lipinski definition) is 9. The minimum absolute atomic E-state index is 0.000564. The third-order valence-electron chi connectivity index (χ3n) is 6.11. The number of aliphatic hydroxyl groups is 2. The lowest BCUT2D eigenvalue weighted by Crippen LogP contribution is -2.33. The number of anilines is 1. The quantitative estimate of drug-likeness (QED) is 0.0962. The lowest BCUT2D eigenvalue weighted by Gasteiger charge is -2.40. The fourth-order valence-corrected chi connectivity index (χ4v) is 7.56. The summed E-state index contributed by atoms with van der Waals surface area (Å²) >= 11 is 6.15. The van der Waals surface area contributed by atoms with Gasteiger partial charge in [-0.2, -0.15) is 5.10 Å². The third-order valence-corrected chi connectivity index (χ3v) is 10.9. The largest absolute Gasteiger partial charge is 0.387 e. The van der Waals surface area contributed by atoms with Gasteiger partial charge in [-0.1, -0.05) is 43.2 Å². The third kappa shape index (κ3) is 7.60. The summed E-state index contributed by atoms with van der Waals surface area (Å²) in [5, 5.41) is 28.2. The average Bonchev–Trinajstić information content (AvgIpc) is 3.35. The molecule has 1 saturated heterocycles. The molecule has 0 radical (unpaired) electrons. The first-order chi connectivity index (χ1) is 18.9. The number of benzene rings is 1. The Kier molecular flexibility index (Phi) is 8.13. The van der Waals surface area contributed by atoms with Crippen LogP contribution in [-0.2, 0) is 18.4 Å². The van der Waals surface area contributed by atoms with Crippen LogP contribution in [0.1, 0.15) is 24.8 Å². The molecule has 4 rings (SSSR count). The minimum Gasteiger partial charge on any atom is -0.387 e. The highest BCUT2D eigenvalue weighted by molar-refractivity contribution is 8.45. The monoisotopic (exact) mass is 688 g/mol. The molecule has 0 aliphatic carbocycles. The fourth-order valence-electron chi connectivity index (χ4n) is 4.16. The van der Waals surface area contributed by atoms with Crippen LogP contribution in [0.2, 0.25) is 5.15 Å². The number of nitrogens with zero attached hydrogens (tertiary/aromatic N) is 3. The number of ether oxygens (including phenoxy) is 1. The van der Waals surface area contributed by atoms with Gasteiger partial charge in [-0.05, 0) is 30.7 Å². The summed E-state index contributed by atoms with van der Waals surface area (Å²) in [6.07, 6.45) is -5.01. The number of aromatic nitrogens is 3. The van der Waals surface area contributed by atoms with Gasteiger partial charge in [0, 0.05) is 6.04 Å². The van der Waals surface area contributed by atoms with Crippen LogP contribution >= 0.6 is 37.0 Å². The Morgan fingerprint density at radius 1 is 1.12 bits per heavy atom. The summed E-state index contributed by atoms with van der Waals surface area (Å²) in [6, 6.07) is 2.98. The molecule has 42 heavy (non-hydrogen) atoms. The Bertz CT molecular complexity index is 1600. The van der Waals surface area contributed by atoms with Crippen molar-refractivity contribution in [2.45, 2.75) is 42.4 Å². The van der Waals surface area contributed by atoms with Crippen molar-refractivity contribution in [1.29, 1.82) is 0 Å². The predicted molar refractivity (Wildman–Crippen MR) is 141 cm³/mol. The first-order valence-electron chi connectivity index (χ1n) is 11.6. The molecule has 22 heteroatoms. The lowest BCUT2D eigenvalue weighted by atomic mass is 10.1. The molecule has 6 atom stereocenters. The van der Waals surface area contributed by atoms with E-state index in [1.54, 1.807) is 0 Å². The first kappa shape index (κ1) is 33.0. The van der Waals surface area contributed by atoms with E-state index in [0.29, 0.717) is 0 Å². The van der Waals surface area contributed by atoms with Crippen molar-refractivity contribution in [3.8, 4) is 0 Å². The molecule has 0 saturated carbocycles. The highest BCUT2D eigenvalue weighted by atomic mass is 35.5. The normalized spacial score (nSPS) is 25.5. The van der Waals surface area contributed by atoms with Gasteiger partial charge < -0.3 is 39.5 Å². The molecule has 2 aromatic heterocycles. The van der Waals surface area contributed by atoms with E-state index in [-0.39, 0.29) is 39.6 Å². The average molecular weight is 689 g/mol. The zero-order chi connectivity index (χ0) is 31.5. The molecule has 13 nitrogen and oxygen atoms in total. The molecule has 3 heterocycles. The Labute approximate surface area is 238 Å². The van der Waals surface area contributed by atoms with Crippen LogP contribution in [-0.4, -0.2) is 70.5 Å². The number of aliphatic hydroxyl groups excluding tert-OH is 2. The van der Waals surface area contributed by atoms with E-state index in [1.165, 1.54) is 19.2 Å². The molecule has 0 bridgehead atoms. The lowest BCUT2D eigenvalue weighted by molar-refractivity contribution is -0.0541. The van der Waals surface area contributed by atoms with Gasteiger partial charge in [0.2, 0.25) is 0 Å². The molecule has 0 amide bonds. The van der Waals surface area contributed by atoms with Crippen molar-refractivity contribution >= 4 is 53.7 Å². The van der Waals surface area contributed by atoms with Gasteiger partial charge >= 0.3 is 25.4 Å². The molecular weight excluding hydrogens is 665 g/mol. The van der Waals surface area contributed by atoms with Crippen molar-refractivity contribution in [3.63, 3.8) is 0 Å². The molecule has 1 aliphatic heterocycles. The standard InChI is InChI=1S/C20H24ClF5N4O9P2S/c1-10(11-2-4-12(5-3-11)42(22,23,24,25)26)28-14-6-16(21)29-19-13(14)7-27-30(19)20-18(32)17(31)15(39-20)8-38-41(36,37)9-40(33,34)35/h2-7,10,15,17-18,20,31-32H,8-9H2,1H3,(H,28,29)(H,36,37)(H2,33,34,35)/t10-,15+,17?,18-,20+/m0/s1. The highest BCUT2D eigenvalue weighted by Crippen LogP contribution is 3.02. The number of fused-ring (bicyclic) bond motifs is 1. The molecule has 3 aromatic rings. The van der Waals surface area contributed by atoms with Gasteiger partial charge in [0.1, 0.15) is 28.4 Å². The van der Waals surface area contributed by atoms with Crippen molar-refractivity contribution in [2.24, 2.45) is 0 Å². The van der Waals surface area contributed by atoms with Crippen LogP contribution in [0.5, 0.6) is 0 Å². The van der Waals surface area contributed by atoms with Gasteiger partial charge in [-0.25, -0.2) is 9.67 Å². The molecule has 6 N–H and O–H groups in total. The van der Waals surface area contributed by atoms with Crippen molar-refractivity contribution in [1.82, 2.24) is 14.8 Å².